The molecule has 1 aliphatic carbocycles. The molecule has 0 spiro atoms. The number of ketones is 1. The van der Waals surface area contributed by atoms with Crippen molar-refractivity contribution in [3.05, 3.63) is 0 Å². The van der Waals surface area contributed by atoms with E-state index in [0.717, 1.165) is 26.1 Å². The molecule has 2 fully saturated rings. The molecule has 2 rings (SSSR count). The number of carbonyl (C=O) groups excluding carboxylic acids is 1. The van der Waals surface area contributed by atoms with Gasteiger partial charge in [-0.1, -0.05) is 0 Å². The fourth-order valence-electron chi connectivity index (χ4n) is 2.17. The minimum absolute atomic E-state index is 0.211. The molecule has 1 atom stereocenters. The molecule has 68 valence electrons. The van der Waals surface area contributed by atoms with Gasteiger partial charge in [0.25, 0.3) is 0 Å². The maximum Gasteiger partial charge on any atom is 0.136 e. The van der Waals surface area contributed by atoms with Crippen molar-refractivity contribution in [2.45, 2.75) is 31.2 Å². The zero-order chi connectivity index (χ0) is 8.60. The third-order valence-electron chi connectivity index (χ3n) is 3.03. The van der Waals surface area contributed by atoms with Crippen LogP contribution in [0.15, 0.2) is 0 Å². The van der Waals surface area contributed by atoms with E-state index in [9.17, 15) is 4.79 Å². The van der Waals surface area contributed by atoms with Gasteiger partial charge in [-0.05, 0) is 12.8 Å². The molecule has 2 N–H and O–H groups in total. The number of Topliss-reactive ketones (excluding diaryl/α,β-unsaturated/α-hetero) is 1. The Morgan fingerprint density at radius 3 is 2.75 bits per heavy atom. The molecule has 1 saturated carbocycles. The Morgan fingerprint density at radius 1 is 1.50 bits per heavy atom. The maximum atomic E-state index is 10.8. The van der Waals surface area contributed by atoms with E-state index in [1.54, 1.807) is 0 Å². The molecule has 1 unspecified atom stereocenters. The normalized spacial score (nSPS) is 34.4. The number of hydrogen-bond donors (Lipinski definition) is 1. The number of ether oxygens (including phenoxy) is 1. The van der Waals surface area contributed by atoms with E-state index in [2.05, 4.69) is 0 Å². The fourth-order valence-corrected chi connectivity index (χ4v) is 2.17. The Labute approximate surface area is 72.3 Å². The van der Waals surface area contributed by atoms with E-state index in [1.807, 2.05) is 0 Å². The number of nitrogens with two attached hydrogens (primary N) is 1. The van der Waals surface area contributed by atoms with Crippen LogP contribution in [0.1, 0.15) is 25.7 Å². The summed E-state index contributed by atoms with van der Waals surface area (Å²) in [4.78, 5) is 10.8. The van der Waals surface area contributed by atoms with Crippen LogP contribution in [0.3, 0.4) is 0 Å². The Hall–Kier alpha value is -0.410. The van der Waals surface area contributed by atoms with Gasteiger partial charge in [0.05, 0.1) is 6.61 Å². The van der Waals surface area contributed by atoms with Gasteiger partial charge in [-0.3, -0.25) is 4.79 Å². The summed E-state index contributed by atoms with van der Waals surface area (Å²) in [6, 6.07) is 0. The second-order valence-electron chi connectivity index (χ2n) is 4.04. The molecular weight excluding hydrogens is 154 g/mol. The SMILES string of the molecule is NC1(C2CCCOC2)CC(=O)C1. The van der Waals surface area contributed by atoms with Gasteiger partial charge in [-0.15, -0.1) is 0 Å². The molecule has 0 aromatic heterocycles. The first-order valence-corrected chi connectivity index (χ1v) is 4.59. The summed E-state index contributed by atoms with van der Waals surface area (Å²) in [6.45, 7) is 1.62. The van der Waals surface area contributed by atoms with Gasteiger partial charge >= 0.3 is 0 Å². The van der Waals surface area contributed by atoms with Gasteiger partial charge in [0.2, 0.25) is 0 Å². The summed E-state index contributed by atoms with van der Waals surface area (Å²) in [7, 11) is 0. The van der Waals surface area contributed by atoms with Gasteiger partial charge in [0, 0.05) is 30.9 Å². The van der Waals surface area contributed by atoms with Gasteiger partial charge in [0.1, 0.15) is 5.78 Å². The highest BCUT2D eigenvalue weighted by Gasteiger charge is 2.46. The van der Waals surface area contributed by atoms with Crippen molar-refractivity contribution in [3.8, 4) is 0 Å². The molecule has 0 bridgehead atoms. The second kappa shape index (κ2) is 2.82. The molecule has 1 saturated heterocycles. The van der Waals surface area contributed by atoms with Crippen LogP contribution in [0.25, 0.3) is 0 Å². The quantitative estimate of drug-likeness (QED) is 0.621. The Morgan fingerprint density at radius 2 is 2.25 bits per heavy atom. The van der Waals surface area contributed by atoms with Crippen LogP contribution in [0, 0.1) is 5.92 Å². The molecule has 1 heterocycles. The van der Waals surface area contributed by atoms with Gasteiger partial charge in [0.15, 0.2) is 0 Å². The van der Waals surface area contributed by atoms with Crippen LogP contribution in [0.4, 0.5) is 0 Å². The van der Waals surface area contributed by atoms with Gasteiger partial charge in [-0.25, -0.2) is 0 Å². The topological polar surface area (TPSA) is 52.3 Å². The first-order chi connectivity index (χ1) is 5.71. The summed E-state index contributed by atoms with van der Waals surface area (Å²) in [6.07, 6.45) is 3.36. The predicted octanol–water partition coefficient (Wildman–Crippen LogP) is 0.473. The third-order valence-corrected chi connectivity index (χ3v) is 3.03. The molecule has 1 aliphatic heterocycles. The standard InChI is InChI=1S/C9H15NO2/c10-9(4-8(11)5-9)7-2-1-3-12-6-7/h7H,1-6,10H2. The lowest BCUT2D eigenvalue weighted by molar-refractivity contribution is -0.132. The van der Waals surface area contributed by atoms with Crippen molar-refractivity contribution >= 4 is 5.78 Å². The lowest BCUT2D eigenvalue weighted by Crippen LogP contribution is -2.59. The van der Waals surface area contributed by atoms with Crippen LogP contribution in [-0.4, -0.2) is 24.5 Å². The van der Waals surface area contributed by atoms with E-state index in [-0.39, 0.29) is 5.54 Å². The second-order valence-corrected chi connectivity index (χ2v) is 4.04. The van der Waals surface area contributed by atoms with Gasteiger partial charge in [-0.2, -0.15) is 0 Å². The highest BCUT2D eigenvalue weighted by Crippen LogP contribution is 2.37. The fraction of sp³-hybridized carbons (Fsp3) is 0.889. The largest absolute Gasteiger partial charge is 0.381 e. The average Bonchev–Trinajstić information content (AvgIpc) is 2.04. The Bertz CT molecular complexity index is 189. The van der Waals surface area contributed by atoms with E-state index < -0.39 is 0 Å². The van der Waals surface area contributed by atoms with Crippen LogP contribution < -0.4 is 5.73 Å². The first-order valence-electron chi connectivity index (χ1n) is 4.59. The highest BCUT2D eigenvalue weighted by molar-refractivity contribution is 5.87. The smallest absolute Gasteiger partial charge is 0.136 e. The predicted molar refractivity (Wildman–Crippen MR) is 44.7 cm³/mol. The summed E-state index contributed by atoms with van der Waals surface area (Å²) in [5, 5.41) is 0. The molecule has 0 aromatic rings. The van der Waals surface area contributed by atoms with Crippen molar-refractivity contribution in [2.24, 2.45) is 11.7 Å². The van der Waals surface area contributed by atoms with E-state index in [0.29, 0.717) is 24.5 Å². The van der Waals surface area contributed by atoms with Crippen molar-refractivity contribution < 1.29 is 9.53 Å². The minimum Gasteiger partial charge on any atom is -0.381 e. The van der Waals surface area contributed by atoms with Crippen molar-refractivity contribution in [1.82, 2.24) is 0 Å². The lowest BCUT2D eigenvalue weighted by Gasteiger charge is -2.44. The molecule has 3 nitrogen and oxygen atoms in total. The summed E-state index contributed by atoms with van der Waals surface area (Å²) in [5.41, 5.74) is 5.86. The Kier molecular flexibility index (Phi) is 1.93. The average molecular weight is 169 g/mol. The Balaban J connectivity index is 1.94. The molecule has 2 aliphatic rings. The number of carbonyl (C=O) groups is 1. The molecule has 0 aromatic carbocycles. The van der Waals surface area contributed by atoms with Crippen LogP contribution >= 0.6 is 0 Å². The molecule has 12 heavy (non-hydrogen) atoms. The van der Waals surface area contributed by atoms with E-state index in [4.69, 9.17) is 10.5 Å². The van der Waals surface area contributed by atoms with Crippen LogP contribution in [0.5, 0.6) is 0 Å². The van der Waals surface area contributed by atoms with Crippen molar-refractivity contribution in [3.63, 3.8) is 0 Å². The van der Waals surface area contributed by atoms with Crippen LogP contribution in [0.2, 0.25) is 0 Å². The molecular formula is C9H15NO2. The molecule has 0 amide bonds. The summed E-state index contributed by atoms with van der Waals surface area (Å²) in [5.74, 6) is 0.729. The van der Waals surface area contributed by atoms with E-state index >= 15 is 0 Å². The third kappa shape index (κ3) is 1.27. The minimum atomic E-state index is -0.211. The maximum absolute atomic E-state index is 10.8. The first kappa shape index (κ1) is 8.20. The van der Waals surface area contributed by atoms with Crippen LogP contribution in [-0.2, 0) is 9.53 Å². The van der Waals surface area contributed by atoms with Crippen molar-refractivity contribution in [1.29, 1.82) is 0 Å². The number of hydrogen-bond acceptors (Lipinski definition) is 3. The highest BCUT2D eigenvalue weighted by atomic mass is 16.5. The zero-order valence-corrected chi connectivity index (χ0v) is 7.21. The molecule has 3 heteroatoms. The monoisotopic (exact) mass is 169 g/mol. The van der Waals surface area contributed by atoms with Gasteiger partial charge < -0.3 is 10.5 Å². The summed E-state index contributed by atoms with van der Waals surface area (Å²) < 4.78 is 5.35. The zero-order valence-electron chi connectivity index (χ0n) is 7.21. The molecule has 0 radical (unpaired) electrons. The van der Waals surface area contributed by atoms with Crippen molar-refractivity contribution in [2.75, 3.05) is 13.2 Å². The summed E-state index contributed by atoms with van der Waals surface area (Å²) >= 11 is 0. The van der Waals surface area contributed by atoms with E-state index in [1.165, 1.54) is 0 Å². The number of rotatable bonds is 1. The lowest BCUT2D eigenvalue weighted by atomic mass is 9.66.